The van der Waals surface area contributed by atoms with E-state index in [1.807, 2.05) is 0 Å². The summed E-state index contributed by atoms with van der Waals surface area (Å²) in [5, 5.41) is 0.516. The van der Waals surface area contributed by atoms with Crippen LogP contribution in [0, 0.1) is 11.6 Å². The van der Waals surface area contributed by atoms with Crippen molar-refractivity contribution >= 4 is 38.2 Å². The normalized spacial score (nSPS) is 11.5. The van der Waals surface area contributed by atoms with E-state index in [4.69, 9.17) is 5.73 Å². The van der Waals surface area contributed by atoms with Crippen molar-refractivity contribution in [2.45, 2.75) is 18.4 Å². The minimum Gasteiger partial charge on any atom is -0.381 e. The zero-order chi connectivity index (χ0) is 22.2. The van der Waals surface area contributed by atoms with E-state index in [9.17, 15) is 22.0 Å². The number of carbonyl (C=O) groups is 1. The van der Waals surface area contributed by atoms with Gasteiger partial charge in [-0.2, -0.15) is 0 Å². The largest absolute Gasteiger partial charge is 0.381 e. The molecule has 1 amide bonds. The van der Waals surface area contributed by atoms with E-state index in [-0.39, 0.29) is 28.5 Å². The molecule has 3 rings (SSSR count). The van der Waals surface area contributed by atoms with Crippen molar-refractivity contribution in [3.05, 3.63) is 71.8 Å². The van der Waals surface area contributed by atoms with Crippen LogP contribution in [0.25, 0.3) is 10.9 Å². The van der Waals surface area contributed by atoms with Crippen molar-refractivity contribution in [3.63, 3.8) is 0 Å². The molecule has 0 aliphatic rings. The second kappa shape index (κ2) is 7.83. The molecule has 156 valence electrons. The number of hydrogen-bond donors (Lipinski definition) is 1. The summed E-state index contributed by atoms with van der Waals surface area (Å²) in [5.41, 5.74) is 6.73. The van der Waals surface area contributed by atoms with Gasteiger partial charge in [0, 0.05) is 17.2 Å². The molecule has 0 unspecified atom stereocenters. The lowest BCUT2D eigenvalue weighted by atomic mass is 10.1. The fraction of sp³-hybridized carbons (Fsp3) is 0.143. The van der Waals surface area contributed by atoms with Crippen LogP contribution in [0.2, 0.25) is 0 Å². The SMILES string of the molecule is C=C(C)C(=O)N(Cc1ccc2cc(F)c(N)nc2c1)c1ccc(F)cc1S(C)(=O)=O. The van der Waals surface area contributed by atoms with Crippen LogP contribution in [0.1, 0.15) is 12.5 Å². The van der Waals surface area contributed by atoms with E-state index in [1.54, 1.807) is 18.2 Å². The summed E-state index contributed by atoms with van der Waals surface area (Å²) in [6.07, 6.45) is 0.936. The molecular weight excluding hydrogens is 412 g/mol. The van der Waals surface area contributed by atoms with Crippen molar-refractivity contribution < 1.29 is 22.0 Å². The van der Waals surface area contributed by atoms with Crippen molar-refractivity contribution in [3.8, 4) is 0 Å². The van der Waals surface area contributed by atoms with Gasteiger partial charge in [-0.05, 0) is 42.8 Å². The molecule has 0 bridgehead atoms. The average Bonchev–Trinajstić information content (AvgIpc) is 2.66. The van der Waals surface area contributed by atoms with Crippen LogP contribution in [-0.2, 0) is 21.2 Å². The van der Waals surface area contributed by atoms with Crippen LogP contribution in [0.3, 0.4) is 0 Å². The molecule has 0 saturated heterocycles. The lowest BCUT2D eigenvalue weighted by molar-refractivity contribution is -0.115. The third-order valence-corrected chi connectivity index (χ3v) is 5.55. The molecule has 0 aliphatic heterocycles. The number of hydrogen-bond acceptors (Lipinski definition) is 5. The van der Waals surface area contributed by atoms with Crippen molar-refractivity contribution in [2.24, 2.45) is 0 Å². The van der Waals surface area contributed by atoms with Gasteiger partial charge in [0.05, 0.1) is 22.6 Å². The van der Waals surface area contributed by atoms with Gasteiger partial charge in [0.25, 0.3) is 5.91 Å². The van der Waals surface area contributed by atoms with Crippen LogP contribution < -0.4 is 10.6 Å². The summed E-state index contributed by atoms with van der Waals surface area (Å²) in [7, 11) is -3.83. The number of halogens is 2. The Labute approximate surface area is 172 Å². The van der Waals surface area contributed by atoms with E-state index in [0.717, 1.165) is 18.4 Å². The Bertz CT molecular complexity index is 1290. The summed E-state index contributed by atoms with van der Waals surface area (Å²) in [4.78, 5) is 17.7. The van der Waals surface area contributed by atoms with Gasteiger partial charge in [0.2, 0.25) is 0 Å². The smallest absolute Gasteiger partial charge is 0.253 e. The van der Waals surface area contributed by atoms with Crippen LogP contribution in [0.4, 0.5) is 20.3 Å². The molecule has 0 radical (unpaired) electrons. The highest BCUT2D eigenvalue weighted by Crippen LogP contribution is 2.29. The Balaban J connectivity index is 2.13. The maximum atomic E-state index is 13.7. The average molecular weight is 431 g/mol. The number of fused-ring (bicyclic) bond motifs is 1. The Kier molecular flexibility index (Phi) is 5.58. The third kappa shape index (κ3) is 4.30. The first-order valence-corrected chi connectivity index (χ1v) is 10.7. The summed E-state index contributed by atoms with van der Waals surface area (Å²) < 4.78 is 51.8. The van der Waals surface area contributed by atoms with E-state index in [1.165, 1.54) is 24.0 Å². The van der Waals surface area contributed by atoms with Crippen LogP contribution in [0.15, 0.2) is 59.5 Å². The van der Waals surface area contributed by atoms with E-state index >= 15 is 0 Å². The number of pyridine rings is 1. The van der Waals surface area contributed by atoms with Gasteiger partial charge in [0.15, 0.2) is 21.5 Å². The van der Waals surface area contributed by atoms with E-state index < -0.39 is 27.4 Å². The molecule has 3 aromatic rings. The predicted octanol–water partition coefficient (Wildman–Crippen LogP) is 3.61. The van der Waals surface area contributed by atoms with Crippen LogP contribution in [0.5, 0.6) is 0 Å². The second-order valence-corrected chi connectivity index (χ2v) is 8.92. The standard InChI is InChI=1S/C21H19F2N3O3S/c1-12(2)21(27)26(18-7-6-15(22)10-19(18)30(3,28)29)11-13-4-5-14-9-16(23)20(24)25-17(14)8-13/h4-10H,1,11H2,2-3H3,(H2,24,25). The highest BCUT2D eigenvalue weighted by molar-refractivity contribution is 7.90. The van der Waals surface area contributed by atoms with Gasteiger partial charge in [-0.3, -0.25) is 4.79 Å². The number of carbonyl (C=O) groups excluding carboxylic acids is 1. The van der Waals surface area contributed by atoms with Crippen molar-refractivity contribution in [1.82, 2.24) is 4.98 Å². The second-order valence-electron chi connectivity index (χ2n) is 6.94. The number of aromatic nitrogens is 1. The topological polar surface area (TPSA) is 93.4 Å². The van der Waals surface area contributed by atoms with Gasteiger partial charge in [-0.1, -0.05) is 18.7 Å². The minimum absolute atomic E-state index is 0.0265. The fourth-order valence-electron chi connectivity index (χ4n) is 2.99. The number of sulfone groups is 1. The first kappa shape index (κ1) is 21.4. The molecule has 0 aliphatic carbocycles. The lowest BCUT2D eigenvalue weighted by Crippen LogP contribution is -2.32. The van der Waals surface area contributed by atoms with Gasteiger partial charge >= 0.3 is 0 Å². The lowest BCUT2D eigenvalue weighted by Gasteiger charge is -2.25. The van der Waals surface area contributed by atoms with E-state index in [0.29, 0.717) is 16.5 Å². The summed E-state index contributed by atoms with van der Waals surface area (Å²) in [5.74, 6) is -2.17. The van der Waals surface area contributed by atoms with Crippen molar-refractivity contribution in [1.29, 1.82) is 0 Å². The number of nitrogens with zero attached hydrogens (tertiary/aromatic N) is 2. The fourth-order valence-corrected chi connectivity index (χ4v) is 3.87. The number of amides is 1. The first-order valence-electron chi connectivity index (χ1n) is 8.79. The highest BCUT2D eigenvalue weighted by atomic mass is 32.2. The molecule has 6 nitrogen and oxygen atoms in total. The van der Waals surface area contributed by atoms with Gasteiger partial charge in [-0.25, -0.2) is 22.2 Å². The maximum absolute atomic E-state index is 13.7. The maximum Gasteiger partial charge on any atom is 0.253 e. The van der Waals surface area contributed by atoms with Gasteiger partial charge in [0.1, 0.15) is 5.82 Å². The summed E-state index contributed by atoms with van der Waals surface area (Å²) in [6, 6.07) is 9.32. The zero-order valence-electron chi connectivity index (χ0n) is 16.3. The Morgan fingerprint density at radius 1 is 1.17 bits per heavy atom. The summed E-state index contributed by atoms with van der Waals surface area (Å²) in [6.45, 7) is 5.08. The van der Waals surface area contributed by atoms with E-state index in [2.05, 4.69) is 11.6 Å². The zero-order valence-corrected chi connectivity index (χ0v) is 17.1. The number of benzene rings is 2. The molecule has 0 atom stereocenters. The molecule has 2 aromatic carbocycles. The predicted molar refractivity (Wildman–Crippen MR) is 112 cm³/mol. The Morgan fingerprint density at radius 3 is 2.50 bits per heavy atom. The molecule has 0 saturated carbocycles. The van der Waals surface area contributed by atoms with Crippen molar-refractivity contribution in [2.75, 3.05) is 16.9 Å². The first-order chi connectivity index (χ1) is 14.0. The highest BCUT2D eigenvalue weighted by Gasteiger charge is 2.24. The Hall–Kier alpha value is -3.33. The van der Waals surface area contributed by atoms with Crippen LogP contribution in [-0.4, -0.2) is 25.6 Å². The molecule has 1 heterocycles. The minimum atomic E-state index is -3.83. The monoisotopic (exact) mass is 431 g/mol. The Morgan fingerprint density at radius 2 is 1.87 bits per heavy atom. The number of anilines is 2. The molecular formula is C21H19F2N3O3S. The van der Waals surface area contributed by atoms with Gasteiger partial charge in [-0.15, -0.1) is 0 Å². The molecule has 1 aromatic heterocycles. The molecule has 0 spiro atoms. The quantitative estimate of drug-likeness (QED) is 0.623. The summed E-state index contributed by atoms with van der Waals surface area (Å²) >= 11 is 0. The van der Waals surface area contributed by atoms with Crippen LogP contribution >= 0.6 is 0 Å². The number of nitrogen functional groups attached to an aromatic ring is 1. The molecule has 9 heteroatoms. The third-order valence-electron chi connectivity index (χ3n) is 4.43. The number of nitrogens with two attached hydrogens (primary N) is 1. The number of rotatable bonds is 5. The molecule has 0 fully saturated rings. The molecule has 2 N–H and O–H groups in total. The van der Waals surface area contributed by atoms with Gasteiger partial charge < -0.3 is 10.6 Å². The molecule has 30 heavy (non-hydrogen) atoms.